The maximum Gasteiger partial charge on any atom is 0.0487 e. The van der Waals surface area contributed by atoms with Crippen LogP contribution in [0, 0.1) is 0 Å². The van der Waals surface area contributed by atoms with Gasteiger partial charge in [0.2, 0.25) is 0 Å². The molecule has 0 unspecified atom stereocenters. The van der Waals surface area contributed by atoms with Gasteiger partial charge >= 0.3 is 0 Å². The molecule has 2 nitrogen and oxygen atoms in total. The summed E-state index contributed by atoms with van der Waals surface area (Å²) in [5.74, 6) is 0. The van der Waals surface area contributed by atoms with Gasteiger partial charge in [0.25, 0.3) is 0 Å². The van der Waals surface area contributed by atoms with Crippen LogP contribution in [0.25, 0.3) is 0 Å². The van der Waals surface area contributed by atoms with Gasteiger partial charge in [0.1, 0.15) is 0 Å². The van der Waals surface area contributed by atoms with E-state index >= 15 is 0 Å². The molecule has 0 bridgehead atoms. The number of benzene rings is 2. The summed E-state index contributed by atoms with van der Waals surface area (Å²) in [6, 6.07) is 17.0. The Balaban J connectivity index is 1.76. The van der Waals surface area contributed by atoms with Gasteiger partial charge in [0.05, 0.1) is 0 Å². The number of hydrogen-bond acceptors (Lipinski definition) is 2. The van der Waals surface area contributed by atoms with E-state index in [0.717, 1.165) is 16.7 Å². The lowest BCUT2D eigenvalue weighted by Gasteiger charge is -2.22. The molecule has 3 heteroatoms. The van der Waals surface area contributed by atoms with Gasteiger partial charge in [-0.05, 0) is 52.5 Å². The molecular formula is C17H19BrN2. The summed E-state index contributed by atoms with van der Waals surface area (Å²) in [6.07, 6.45) is 2.62. The molecule has 1 aliphatic heterocycles. The van der Waals surface area contributed by atoms with Gasteiger partial charge in [0.15, 0.2) is 0 Å². The van der Waals surface area contributed by atoms with Crippen LogP contribution in [0.1, 0.15) is 18.4 Å². The predicted molar refractivity (Wildman–Crippen MR) is 89.4 cm³/mol. The van der Waals surface area contributed by atoms with Gasteiger partial charge in [-0.15, -0.1) is 0 Å². The second-order valence-corrected chi connectivity index (χ2v) is 6.01. The number of hydrogen-bond donors (Lipinski definition) is 1. The highest BCUT2D eigenvalue weighted by atomic mass is 79.9. The van der Waals surface area contributed by atoms with Crippen molar-refractivity contribution in [1.29, 1.82) is 0 Å². The average Bonchev–Trinajstić information content (AvgIpc) is 3.01. The third-order valence-corrected chi connectivity index (χ3v) is 4.47. The molecule has 2 aromatic rings. The molecule has 0 saturated carbocycles. The van der Waals surface area contributed by atoms with Gasteiger partial charge < -0.3 is 10.2 Å². The summed E-state index contributed by atoms with van der Waals surface area (Å²) in [5.41, 5.74) is 3.89. The SMILES string of the molecule is Brc1ccccc1NCc1ccccc1N1CCCC1. The van der Waals surface area contributed by atoms with Gasteiger partial charge in [-0.3, -0.25) is 0 Å². The van der Waals surface area contributed by atoms with Crippen LogP contribution in [0.15, 0.2) is 53.0 Å². The highest BCUT2D eigenvalue weighted by Gasteiger charge is 2.15. The van der Waals surface area contributed by atoms with E-state index in [4.69, 9.17) is 0 Å². The fourth-order valence-electron chi connectivity index (χ4n) is 2.72. The van der Waals surface area contributed by atoms with Crippen LogP contribution in [-0.4, -0.2) is 13.1 Å². The largest absolute Gasteiger partial charge is 0.380 e. The molecule has 3 rings (SSSR count). The first-order valence-electron chi connectivity index (χ1n) is 7.16. The number of para-hydroxylation sites is 2. The van der Waals surface area contributed by atoms with Crippen molar-refractivity contribution in [3.8, 4) is 0 Å². The van der Waals surface area contributed by atoms with E-state index in [1.807, 2.05) is 6.07 Å². The lowest BCUT2D eigenvalue weighted by Crippen LogP contribution is -2.19. The lowest BCUT2D eigenvalue weighted by molar-refractivity contribution is 0.949. The van der Waals surface area contributed by atoms with Crippen molar-refractivity contribution in [3.05, 3.63) is 58.6 Å². The number of anilines is 2. The molecule has 20 heavy (non-hydrogen) atoms. The van der Waals surface area contributed by atoms with Crippen LogP contribution in [0.5, 0.6) is 0 Å². The van der Waals surface area contributed by atoms with Crippen molar-refractivity contribution in [2.75, 3.05) is 23.3 Å². The molecule has 1 heterocycles. The summed E-state index contributed by atoms with van der Waals surface area (Å²) in [5, 5.41) is 3.52. The third kappa shape index (κ3) is 2.98. The number of nitrogens with one attached hydrogen (secondary N) is 1. The van der Waals surface area contributed by atoms with Crippen LogP contribution in [0.4, 0.5) is 11.4 Å². The standard InChI is InChI=1S/C17H19BrN2/c18-15-8-2-3-9-16(15)19-13-14-7-1-4-10-17(14)20-11-5-6-12-20/h1-4,7-10,19H,5-6,11-13H2. The second-order valence-electron chi connectivity index (χ2n) is 5.16. The van der Waals surface area contributed by atoms with E-state index in [2.05, 4.69) is 68.6 Å². The number of rotatable bonds is 4. The molecule has 1 N–H and O–H groups in total. The predicted octanol–water partition coefficient (Wildman–Crippen LogP) is 4.66. The third-order valence-electron chi connectivity index (χ3n) is 3.78. The number of nitrogens with zero attached hydrogens (tertiary/aromatic N) is 1. The Kier molecular flexibility index (Phi) is 4.26. The second kappa shape index (κ2) is 6.31. The van der Waals surface area contributed by atoms with Crippen molar-refractivity contribution >= 4 is 27.3 Å². The van der Waals surface area contributed by atoms with Gasteiger partial charge in [-0.1, -0.05) is 30.3 Å². The zero-order chi connectivity index (χ0) is 13.8. The molecule has 0 aliphatic carbocycles. The minimum Gasteiger partial charge on any atom is -0.380 e. The van der Waals surface area contributed by atoms with E-state index in [-0.39, 0.29) is 0 Å². The quantitative estimate of drug-likeness (QED) is 0.876. The van der Waals surface area contributed by atoms with Crippen LogP contribution in [0.3, 0.4) is 0 Å². The molecule has 1 fully saturated rings. The van der Waals surface area contributed by atoms with Crippen molar-refractivity contribution < 1.29 is 0 Å². The van der Waals surface area contributed by atoms with Gasteiger partial charge in [0, 0.05) is 35.5 Å². The van der Waals surface area contributed by atoms with Crippen molar-refractivity contribution in [2.45, 2.75) is 19.4 Å². The number of halogens is 1. The highest BCUT2D eigenvalue weighted by molar-refractivity contribution is 9.10. The fraction of sp³-hybridized carbons (Fsp3) is 0.294. The molecule has 1 saturated heterocycles. The van der Waals surface area contributed by atoms with Crippen molar-refractivity contribution in [2.24, 2.45) is 0 Å². The van der Waals surface area contributed by atoms with E-state index in [1.165, 1.54) is 37.2 Å². The van der Waals surface area contributed by atoms with Gasteiger partial charge in [-0.25, -0.2) is 0 Å². The van der Waals surface area contributed by atoms with Crippen molar-refractivity contribution in [3.63, 3.8) is 0 Å². The summed E-state index contributed by atoms with van der Waals surface area (Å²) in [7, 11) is 0. The normalized spacial score (nSPS) is 14.6. The first-order valence-corrected chi connectivity index (χ1v) is 7.95. The van der Waals surface area contributed by atoms with E-state index < -0.39 is 0 Å². The summed E-state index contributed by atoms with van der Waals surface area (Å²) in [4.78, 5) is 2.50. The maximum atomic E-state index is 3.58. The Morgan fingerprint density at radius 3 is 2.45 bits per heavy atom. The zero-order valence-corrected chi connectivity index (χ0v) is 13.1. The summed E-state index contributed by atoms with van der Waals surface area (Å²) >= 11 is 3.58. The molecule has 0 aromatic heterocycles. The minimum atomic E-state index is 0.856. The van der Waals surface area contributed by atoms with E-state index in [0.29, 0.717) is 0 Å². The molecule has 0 atom stereocenters. The summed E-state index contributed by atoms with van der Waals surface area (Å²) in [6.45, 7) is 3.23. The molecule has 0 amide bonds. The smallest absolute Gasteiger partial charge is 0.0487 e. The zero-order valence-electron chi connectivity index (χ0n) is 11.5. The van der Waals surface area contributed by atoms with Gasteiger partial charge in [-0.2, -0.15) is 0 Å². The Morgan fingerprint density at radius 2 is 1.65 bits per heavy atom. The molecule has 1 aliphatic rings. The Labute approximate surface area is 128 Å². The van der Waals surface area contributed by atoms with E-state index in [9.17, 15) is 0 Å². The molecular weight excluding hydrogens is 312 g/mol. The van der Waals surface area contributed by atoms with Crippen LogP contribution in [-0.2, 0) is 6.54 Å². The maximum absolute atomic E-state index is 3.58. The Hall–Kier alpha value is -1.48. The Bertz CT molecular complexity index is 577. The first kappa shape index (κ1) is 13.5. The topological polar surface area (TPSA) is 15.3 Å². The molecule has 0 radical (unpaired) electrons. The monoisotopic (exact) mass is 330 g/mol. The average molecular weight is 331 g/mol. The highest BCUT2D eigenvalue weighted by Crippen LogP contribution is 2.27. The van der Waals surface area contributed by atoms with Crippen LogP contribution < -0.4 is 10.2 Å². The fourth-order valence-corrected chi connectivity index (χ4v) is 3.15. The van der Waals surface area contributed by atoms with Crippen LogP contribution >= 0.6 is 15.9 Å². The van der Waals surface area contributed by atoms with E-state index in [1.54, 1.807) is 0 Å². The van der Waals surface area contributed by atoms with Crippen molar-refractivity contribution in [1.82, 2.24) is 0 Å². The molecule has 104 valence electrons. The lowest BCUT2D eigenvalue weighted by atomic mass is 10.1. The Morgan fingerprint density at radius 1 is 0.950 bits per heavy atom. The minimum absolute atomic E-state index is 0.856. The molecule has 0 spiro atoms. The molecule has 2 aromatic carbocycles. The van der Waals surface area contributed by atoms with Crippen LogP contribution in [0.2, 0.25) is 0 Å². The first-order chi connectivity index (χ1) is 9.84. The summed E-state index contributed by atoms with van der Waals surface area (Å²) < 4.78 is 1.11.